The molecule has 35 heavy (non-hydrogen) atoms. The minimum absolute atomic E-state index is 0.0512. The summed E-state index contributed by atoms with van der Waals surface area (Å²) in [4.78, 5) is 29.9. The topological polar surface area (TPSA) is 88.5 Å². The lowest BCUT2D eigenvalue weighted by molar-refractivity contribution is -0.140. The number of ketones is 1. The number of aliphatic hydroxyl groups excluding tert-OH is 1. The molecule has 0 bridgehead atoms. The predicted octanol–water partition coefficient (Wildman–Crippen LogP) is 3.40. The van der Waals surface area contributed by atoms with Crippen LogP contribution in [0.1, 0.15) is 36.6 Å². The average molecular weight is 481 g/mol. The van der Waals surface area contributed by atoms with E-state index < -0.39 is 17.7 Å². The van der Waals surface area contributed by atoms with Gasteiger partial charge in [0.15, 0.2) is 11.5 Å². The van der Waals surface area contributed by atoms with Gasteiger partial charge in [0.1, 0.15) is 17.6 Å². The molecule has 2 aromatic carbocycles. The third kappa shape index (κ3) is 4.71. The molecule has 0 saturated carbocycles. The van der Waals surface area contributed by atoms with E-state index in [9.17, 15) is 14.7 Å². The van der Waals surface area contributed by atoms with Gasteiger partial charge in [-0.2, -0.15) is 0 Å². The second kappa shape index (κ2) is 10.00. The van der Waals surface area contributed by atoms with Crippen LogP contribution in [0, 0.1) is 0 Å². The van der Waals surface area contributed by atoms with Gasteiger partial charge in [0, 0.05) is 25.1 Å². The van der Waals surface area contributed by atoms with Gasteiger partial charge in [-0.1, -0.05) is 6.07 Å². The molecule has 1 amide bonds. The fourth-order valence-corrected chi connectivity index (χ4v) is 4.62. The Labute approximate surface area is 205 Å². The van der Waals surface area contributed by atoms with Crippen molar-refractivity contribution in [2.75, 3.05) is 40.9 Å². The van der Waals surface area contributed by atoms with E-state index >= 15 is 0 Å². The molecular formula is C27H32N2O6. The Hall–Kier alpha value is -3.52. The van der Waals surface area contributed by atoms with Crippen LogP contribution in [0.5, 0.6) is 17.2 Å². The number of benzene rings is 2. The summed E-state index contributed by atoms with van der Waals surface area (Å²) in [6.07, 6.45) is 0.767. The maximum atomic E-state index is 13.3. The molecule has 0 spiro atoms. The van der Waals surface area contributed by atoms with Crippen molar-refractivity contribution < 1.29 is 28.9 Å². The fourth-order valence-electron chi connectivity index (χ4n) is 4.62. The van der Waals surface area contributed by atoms with Crippen molar-refractivity contribution in [1.82, 2.24) is 9.80 Å². The highest BCUT2D eigenvalue weighted by Crippen LogP contribution is 2.42. The van der Waals surface area contributed by atoms with E-state index in [1.165, 1.54) is 12.0 Å². The van der Waals surface area contributed by atoms with E-state index in [1.807, 2.05) is 38.9 Å². The minimum atomic E-state index is -0.761. The second-order valence-corrected chi connectivity index (χ2v) is 9.09. The summed E-state index contributed by atoms with van der Waals surface area (Å²) in [5.74, 6) is 0.292. The number of Topliss-reactive ketones (excluding diaryl/α,β-unsaturated/α-hetero) is 1. The molecule has 2 atom stereocenters. The molecule has 1 N–H and O–H groups in total. The maximum absolute atomic E-state index is 13.3. The molecule has 4 rings (SSSR count). The highest BCUT2D eigenvalue weighted by molar-refractivity contribution is 6.46. The number of aliphatic hydroxyl groups is 1. The van der Waals surface area contributed by atoms with Crippen molar-refractivity contribution in [2.24, 2.45) is 0 Å². The molecule has 8 nitrogen and oxygen atoms in total. The SMILES string of the molecule is CCOc1ccc(C2/C(=C(\O)c3ccc4c(c3)CC(C)O4)C(=O)C(=O)N2CCN(C)C)cc1OC. The molecule has 2 heterocycles. The van der Waals surface area contributed by atoms with Crippen molar-refractivity contribution in [3.63, 3.8) is 0 Å². The molecule has 8 heteroatoms. The van der Waals surface area contributed by atoms with E-state index in [0.29, 0.717) is 48.7 Å². The molecule has 2 unspecified atom stereocenters. The zero-order valence-corrected chi connectivity index (χ0v) is 20.8. The van der Waals surface area contributed by atoms with Gasteiger partial charge in [0.2, 0.25) is 0 Å². The van der Waals surface area contributed by atoms with E-state index in [0.717, 1.165) is 11.3 Å². The first kappa shape index (κ1) is 24.6. The summed E-state index contributed by atoms with van der Waals surface area (Å²) >= 11 is 0. The normalized spacial score (nSPS) is 20.8. The fraction of sp³-hybridized carbons (Fsp3) is 0.407. The molecule has 186 valence electrons. The summed E-state index contributed by atoms with van der Waals surface area (Å²) in [5.41, 5.74) is 2.16. The van der Waals surface area contributed by atoms with Gasteiger partial charge in [-0.3, -0.25) is 9.59 Å². The van der Waals surface area contributed by atoms with Crippen LogP contribution in [-0.2, 0) is 16.0 Å². The predicted molar refractivity (Wildman–Crippen MR) is 132 cm³/mol. The van der Waals surface area contributed by atoms with Crippen LogP contribution in [-0.4, -0.2) is 73.6 Å². The van der Waals surface area contributed by atoms with Crippen LogP contribution in [0.15, 0.2) is 42.0 Å². The molecule has 0 aromatic heterocycles. The van der Waals surface area contributed by atoms with Gasteiger partial charge in [-0.05, 0) is 69.4 Å². The Morgan fingerprint density at radius 3 is 2.63 bits per heavy atom. The maximum Gasteiger partial charge on any atom is 0.295 e. The lowest BCUT2D eigenvalue weighted by Gasteiger charge is -2.27. The van der Waals surface area contributed by atoms with E-state index in [2.05, 4.69) is 0 Å². The number of nitrogens with zero attached hydrogens (tertiary/aromatic N) is 2. The van der Waals surface area contributed by atoms with Crippen LogP contribution < -0.4 is 14.2 Å². The first-order chi connectivity index (χ1) is 16.7. The summed E-state index contributed by atoms with van der Waals surface area (Å²) < 4.78 is 16.9. The van der Waals surface area contributed by atoms with Crippen LogP contribution >= 0.6 is 0 Å². The van der Waals surface area contributed by atoms with Crippen molar-refractivity contribution in [3.8, 4) is 17.2 Å². The van der Waals surface area contributed by atoms with Crippen molar-refractivity contribution >= 4 is 17.4 Å². The summed E-state index contributed by atoms with van der Waals surface area (Å²) in [7, 11) is 5.34. The Morgan fingerprint density at radius 2 is 1.94 bits per heavy atom. The number of ether oxygens (including phenoxy) is 3. The van der Waals surface area contributed by atoms with Gasteiger partial charge in [-0.15, -0.1) is 0 Å². The highest BCUT2D eigenvalue weighted by Gasteiger charge is 2.46. The highest BCUT2D eigenvalue weighted by atomic mass is 16.5. The van der Waals surface area contributed by atoms with E-state index in [1.54, 1.807) is 30.3 Å². The Bertz CT molecular complexity index is 1170. The van der Waals surface area contributed by atoms with Gasteiger partial charge in [0.25, 0.3) is 11.7 Å². The zero-order valence-electron chi connectivity index (χ0n) is 20.8. The number of carbonyl (C=O) groups excluding carboxylic acids is 2. The van der Waals surface area contributed by atoms with E-state index in [-0.39, 0.29) is 17.4 Å². The molecular weight excluding hydrogens is 448 g/mol. The molecule has 0 aliphatic carbocycles. The van der Waals surface area contributed by atoms with Gasteiger partial charge >= 0.3 is 0 Å². The molecule has 2 aliphatic rings. The van der Waals surface area contributed by atoms with Crippen LogP contribution in [0.25, 0.3) is 5.76 Å². The largest absolute Gasteiger partial charge is 0.507 e. The lowest BCUT2D eigenvalue weighted by Crippen LogP contribution is -2.35. The van der Waals surface area contributed by atoms with Crippen LogP contribution in [0.4, 0.5) is 0 Å². The minimum Gasteiger partial charge on any atom is -0.507 e. The molecule has 0 radical (unpaired) electrons. The molecule has 2 aromatic rings. The Kier molecular flexibility index (Phi) is 7.03. The Balaban J connectivity index is 1.83. The van der Waals surface area contributed by atoms with Crippen LogP contribution in [0.3, 0.4) is 0 Å². The van der Waals surface area contributed by atoms with Crippen molar-refractivity contribution in [3.05, 3.63) is 58.7 Å². The average Bonchev–Trinajstić information content (AvgIpc) is 3.33. The lowest BCUT2D eigenvalue weighted by atomic mass is 9.94. The first-order valence-corrected chi connectivity index (χ1v) is 11.8. The monoisotopic (exact) mass is 480 g/mol. The smallest absolute Gasteiger partial charge is 0.295 e. The standard InChI is InChI=1S/C27H32N2O6/c1-6-34-21-10-7-17(15-22(21)33-5)24-23(26(31)27(32)29(24)12-11-28(3)4)25(30)18-8-9-20-19(14-18)13-16(2)35-20/h7-10,14-16,24,30H,6,11-13H2,1-5H3/b25-23+. The quantitative estimate of drug-likeness (QED) is 0.352. The molecule has 2 aliphatic heterocycles. The number of likely N-dealkylation sites (tertiary alicyclic amines) is 1. The third-order valence-corrected chi connectivity index (χ3v) is 6.30. The van der Waals surface area contributed by atoms with Crippen LogP contribution in [0.2, 0.25) is 0 Å². The van der Waals surface area contributed by atoms with Gasteiger partial charge < -0.3 is 29.1 Å². The Morgan fingerprint density at radius 1 is 1.17 bits per heavy atom. The molecule has 1 saturated heterocycles. The number of hydrogen-bond acceptors (Lipinski definition) is 7. The second-order valence-electron chi connectivity index (χ2n) is 9.09. The van der Waals surface area contributed by atoms with Gasteiger partial charge in [-0.25, -0.2) is 0 Å². The summed E-state index contributed by atoms with van der Waals surface area (Å²) in [6.45, 7) is 5.22. The van der Waals surface area contributed by atoms with Gasteiger partial charge in [0.05, 0.1) is 25.3 Å². The number of hydrogen-bond donors (Lipinski definition) is 1. The van der Waals surface area contributed by atoms with Crippen molar-refractivity contribution in [1.29, 1.82) is 0 Å². The zero-order chi connectivity index (χ0) is 25.3. The third-order valence-electron chi connectivity index (χ3n) is 6.30. The first-order valence-electron chi connectivity index (χ1n) is 11.8. The van der Waals surface area contributed by atoms with E-state index in [4.69, 9.17) is 14.2 Å². The number of rotatable bonds is 8. The summed E-state index contributed by atoms with van der Waals surface area (Å²) in [5, 5.41) is 11.4. The summed E-state index contributed by atoms with van der Waals surface area (Å²) in [6, 6.07) is 9.91. The number of amides is 1. The number of fused-ring (bicyclic) bond motifs is 1. The van der Waals surface area contributed by atoms with Crippen molar-refractivity contribution in [2.45, 2.75) is 32.4 Å². The molecule has 1 fully saturated rings. The number of carbonyl (C=O) groups is 2. The number of likely N-dealkylation sites (N-methyl/N-ethyl adjacent to an activating group) is 1. The number of methoxy groups -OCH3 is 1.